The third-order valence-corrected chi connectivity index (χ3v) is 1.51. The predicted octanol–water partition coefficient (Wildman–Crippen LogP) is 1.35. The van der Waals surface area contributed by atoms with Crippen molar-refractivity contribution in [3.8, 4) is 11.8 Å². The third-order valence-electron chi connectivity index (χ3n) is 1.51. The molecule has 0 aliphatic carbocycles. The van der Waals surface area contributed by atoms with E-state index in [2.05, 4.69) is 22.1 Å². The molecular weight excluding hydrogens is 164 g/mol. The summed E-state index contributed by atoms with van der Waals surface area (Å²) in [5.41, 5.74) is 1.68. The van der Waals surface area contributed by atoms with Gasteiger partial charge in [-0.3, -0.25) is 9.78 Å². The first kappa shape index (κ1) is 9.27. The number of aromatic nitrogens is 1. The summed E-state index contributed by atoms with van der Waals surface area (Å²) in [6, 6.07) is 1.74. The monoisotopic (exact) mass is 174 g/mol. The van der Waals surface area contributed by atoms with E-state index in [-0.39, 0.29) is 5.91 Å². The van der Waals surface area contributed by atoms with Gasteiger partial charge in [0.2, 0.25) is 0 Å². The lowest BCUT2D eigenvalue weighted by Crippen LogP contribution is -2.09. The molecule has 0 saturated heterocycles. The molecule has 1 amide bonds. The zero-order valence-electron chi connectivity index (χ0n) is 7.59. The molecule has 3 heteroatoms. The number of carbonyl (C=O) groups excluding carboxylic acids is 1. The number of nitrogens with one attached hydrogen (secondary N) is 1. The highest BCUT2D eigenvalue weighted by Crippen LogP contribution is 2.10. The van der Waals surface area contributed by atoms with Crippen LogP contribution in [0.2, 0.25) is 0 Å². The molecule has 1 N–H and O–H groups in total. The Labute approximate surface area is 77.2 Å². The number of anilines is 1. The lowest BCUT2D eigenvalue weighted by molar-refractivity contribution is -0.111. The lowest BCUT2D eigenvalue weighted by atomic mass is 10.2. The molecule has 0 unspecified atom stereocenters. The molecule has 66 valence electrons. The Morgan fingerprint density at radius 3 is 3.00 bits per heavy atom. The number of aryl methyl sites for hydroxylation is 1. The highest BCUT2D eigenvalue weighted by molar-refractivity contribution is 6.04. The first-order chi connectivity index (χ1) is 6.24. The maximum absolute atomic E-state index is 11.1. The van der Waals surface area contributed by atoms with E-state index in [0.717, 1.165) is 11.3 Å². The summed E-state index contributed by atoms with van der Waals surface area (Å²) in [6.45, 7) is 3.50. The number of carbonyl (C=O) groups is 1. The number of nitrogens with zero attached hydrogens (tertiary/aromatic N) is 1. The summed E-state index contributed by atoms with van der Waals surface area (Å²) in [5.74, 6) is 4.64. The minimum atomic E-state index is -0.295. The van der Waals surface area contributed by atoms with Crippen molar-refractivity contribution in [2.75, 3.05) is 5.32 Å². The van der Waals surface area contributed by atoms with Gasteiger partial charge in [0.1, 0.15) is 0 Å². The van der Waals surface area contributed by atoms with Gasteiger partial charge in [-0.2, -0.15) is 0 Å². The standard InChI is InChI=1S/C10H10N2O/c1-3-4-10(13)12-9-5-6-11-7-8(9)2/h5-7H,1-2H3,(H,11,12,13). The average Bonchev–Trinajstić information content (AvgIpc) is 2.09. The summed E-state index contributed by atoms with van der Waals surface area (Å²) in [5, 5.41) is 2.66. The Hall–Kier alpha value is -1.82. The molecule has 1 heterocycles. The van der Waals surface area contributed by atoms with Crippen LogP contribution in [0.3, 0.4) is 0 Å². The summed E-state index contributed by atoms with van der Waals surface area (Å²) in [7, 11) is 0. The van der Waals surface area contributed by atoms with Crippen LogP contribution in [0.1, 0.15) is 12.5 Å². The van der Waals surface area contributed by atoms with Crippen LogP contribution in [0.4, 0.5) is 5.69 Å². The minimum absolute atomic E-state index is 0.295. The summed E-state index contributed by atoms with van der Waals surface area (Å²) in [6.07, 6.45) is 3.32. The normalized spacial score (nSPS) is 8.46. The predicted molar refractivity (Wildman–Crippen MR) is 51.1 cm³/mol. The van der Waals surface area contributed by atoms with Crippen LogP contribution in [0, 0.1) is 18.8 Å². The number of hydrogen-bond donors (Lipinski definition) is 1. The van der Waals surface area contributed by atoms with Gasteiger partial charge in [-0.25, -0.2) is 0 Å². The van der Waals surface area contributed by atoms with E-state index in [0.29, 0.717) is 0 Å². The van der Waals surface area contributed by atoms with E-state index in [1.165, 1.54) is 0 Å². The first-order valence-electron chi connectivity index (χ1n) is 3.88. The molecule has 1 rings (SSSR count). The smallest absolute Gasteiger partial charge is 0.300 e. The Bertz CT molecular complexity index is 374. The maximum Gasteiger partial charge on any atom is 0.300 e. The van der Waals surface area contributed by atoms with E-state index in [1.807, 2.05) is 6.92 Å². The summed E-state index contributed by atoms with van der Waals surface area (Å²) < 4.78 is 0. The molecule has 3 nitrogen and oxygen atoms in total. The van der Waals surface area contributed by atoms with Gasteiger partial charge < -0.3 is 5.32 Å². The second-order valence-electron chi connectivity index (χ2n) is 2.52. The van der Waals surface area contributed by atoms with Crippen molar-refractivity contribution >= 4 is 11.6 Å². The minimum Gasteiger partial charge on any atom is -0.315 e. The topological polar surface area (TPSA) is 42.0 Å². The Balaban J connectivity index is 2.78. The van der Waals surface area contributed by atoms with Gasteiger partial charge in [-0.1, -0.05) is 5.92 Å². The zero-order chi connectivity index (χ0) is 9.68. The molecule has 0 saturated carbocycles. The highest BCUT2D eigenvalue weighted by atomic mass is 16.1. The molecule has 0 bridgehead atoms. The number of pyridine rings is 1. The summed E-state index contributed by atoms with van der Waals surface area (Å²) >= 11 is 0. The molecule has 0 fully saturated rings. The van der Waals surface area contributed by atoms with Crippen LogP contribution in [-0.4, -0.2) is 10.9 Å². The number of rotatable bonds is 1. The van der Waals surface area contributed by atoms with Gasteiger partial charge in [0.25, 0.3) is 5.91 Å². The maximum atomic E-state index is 11.1. The van der Waals surface area contributed by atoms with Gasteiger partial charge in [0.15, 0.2) is 0 Å². The summed E-state index contributed by atoms with van der Waals surface area (Å²) in [4.78, 5) is 15.0. The average molecular weight is 174 g/mol. The SMILES string of the molecule is CC#CC(=O)Nc1ccncc1C. The van der Waals surface area contributed by atoms with E-state index in [9.17, 15) is 4.79 Å². The molecule has 0 spiro atoms. The van der Waals surface area contributed by atoms with Gasteiger partial charge in [-0.15, -0.1) is 0 Å². The highest BCUT2D eigenvalue weighted by Gasteiger charge is 1.99. The van der Waals surface area contributed by atoms with Crippen molar-refractivity contribution in [2.45, 2.75) is 13.8 Å². The van der Waals surface area contributed by atoms with Crippen LogP contribution in [0.15, 0.2) is 18.5 Å². The van der Waals surface area contributed by atoms with E-state index < -0.39 is 0 Å². The molecular formula is C10H10N2O. The fourth-order valence-electron chi connectivity index (χ4n) is 0.881. The van der Waals surface area contributed by atoms with Crippen molar-refractivity contribution in [2.24, 2.45) is 0 Å². The van der Waals surface area contributed by atoms with Gasteiger partial charge in [-0.05, 0) is 31.4 Å². The molecule has 0 aromatic carbocycles. The van der Waals surface area contributed by atoms with Crippen LogP contribution < -0.4 is 5.32 Å². The molecule has 0 aliphatic rings. The van der Waals surface area contributed by atoms with E-state index >= 15 is 0 Å². The van der Waals surface area contributed by atoms with Crippen molar-refractivity contribution in [1.29, 1.82) is 0 Å². The van der Waals surface area contributed by atoms with Crippen LogP contribution >= 0.6 is 0 Å². The third kappa shape index (κ3) is 2.60. The van der Waals surface area contributed by atoms with Gasteiger partial charge in [0, 0.05) is 18.1 Å². The Kier molecular flexibility index (Phi) is 3.04. The second kappa shape index (κ2) is 4.27. The number of amides is 1. The lowest BCUT2D eigenvalue weighted by Gasteiger charge is -2.02. The van der Waals surface area contributed by atoms with Crippen LogP contribution in [0.5, 0.6) is 0 Å². The van der Waals surface area contributed by atoms with Crippen molar-refractivity contribution in [3.05, 3.63) is 24.0 Å². The fraction of sp³-hybridized carbons (Fsp3) is 0.200. The molecule has 0 atom stereocenters. The fourth-order valence-corrected chi connectivity index (χ4v) is 0.881. The molecule has 1 aromatic heterocycles. The van der Waals surface area contributed by atoms with E-state index in [4.69, 9.17) is 0 Å². The quantitative estimate of drug-likeness (QED) is 0.653. The van der Waals surface area contributed by atoms with Crippen molar-refractivity contribution < 1.29 is 4.79 Å². The van der Waals surface area contributed by atoms with Gasteiger partial charge >= 0.3 is 0 Å². The Morgan fingerprint density at radius 1 is 1.62 bits per heavy atom. The molecule has 1 aromatic rings. The first-order valence-corrected chi connectivity index (χ1v) is 3.88. The van der Waals surface area contributed by atoms with Crippen molar-refractivity contribution in [1.82, 2.24) is 4.98 Å². The number of hydrogen-bond acceptors (Lipinski definition) is 2. The van der Waals surface area contributed by atoms with Crippen molar-refractivity contribution in [3.63, 3.8) is 0 Å². The molecule has 0 aliphatic heterocycles. The van der Waals surface area contributed by atoms with E-state index in [1.54, 1.807) is 25.4 Å². The Morgan fingerprint density at radius 2 is 2.38 bits per heavy atom. The van der Waals surface area contributed by atoms with Crippen LogP contribution in [-0.2, 0) is 4.79 Å². The molecule has 0 radical (unpaired) electrons. The van der Waals surface area contributed by atoms with Crippen LogP contribution in [0.25, 0.3) is 0 Å². The second-order valence-corrected chi connectivity index (χ2v) is 2.52. The largest absolute Gasteiger partial charge is 0.315 e. The van der Waals surface area contributed by atoms with Gasteiger partial charge in [0.05, 0.1) is 0 Å². The molecule has 13 heavy (non-hydrogen) atoms. The zero-order valence-corrected chi connectivity index (χ0v) is 7.59.